The highest BCUT2D eigenvalue weighted by Crippen LogP contribution is 2.49. The largest absolute Gasteiger partial charge is 0.338 e. The molecule has 2 aromatic rings. The van der Waals surface area contributed by atoms with Gasteiger partial charge in [0.05, 0.1) is 11.7 Å². The molecule has 2 aliphatic rings. The van der Waals surface area contributed by atoms with E-state index in [1.165, 1.54) is 32.0 Å². The fraction of sp³-hybridized carbons (Fsp3) is 0.571. The zero-order chi connectivity index (χ0) is 18.8. The van der Waals surface area contributed by atoms with Gasteiger partial charge in [0.1, 0.15) is 12.7 Å². The van der Waals surface area contributed by atoms with Crippen LogP contribution in [0.25, 0.3) is 5.69 Å². The monoisotopic (exact) mass is 367 g/mol. The Morgan fingerprint density at radius 3 is 2.74 bits per heavy atom. The highest BCUT2D eigenvalue weighted by Gasteiger charge is 2.38. The Hall–Kier alpha value is -2.37. The van der Waals surface area contributed by atoms with Crippen molar-refractivity contribution in [2.45, 2.75) is 45.1 Å². The van der Waals surface area contributed by atoms with E-state index >= 15 is 0 Å². The third-order valence-corrected chi connectivity index (χ3v) is 6.64. The summed E-state index contributed by atoms with van der Waals surface area (Å²) in [4.78, 5) is 18.3. The zero-order valence-corrected chi connectivity index (χ0v) is 16.2. The molecule has 2 bridgehead atoms. The van der Waals surface area contributed by atoms with Crippen molar-refractivity contribution in [1.29, 1.82) is 0 Å². The van der Waals surface area contributed by atoms with E-state index in [0.717, 1.165) is 42.0 Å². The van der Waals surface area contributed by atoms with Gasteiger partial charge >= 0.3 is 6.03 Å². The highest BCUT2D eigenvalue weighted by molar-refractivity contribution is 5.74. The van der Waals surface area contributed by atoms with Crippen LogP contribution in [0.2, 0.25) is 0 Å². The molecular formula is C21H29N5O. The fourth-order valence-electron chi connectivity index (χ4n) is 4.87. The predicted molar refractivity (Wildman–Crippen MR) is 104 cm³/mol. The maximum absolute atomic E-state index is 12.5. The van der Waals surface area contributed by atoms with Gasteiger partial charge in [0.2, 0.25) is 0 Å². The average Bonchev–Trinajstić information content (AvgIpc) is 3.45. The number of carbonyl (C=O) groups excluding carboxylic acids is 1. The molecule has 27 heavy (non-hydrogen) atoms. The SMILES string of the molecule is CC(c1ccc(-n2cncn2)cc1)N(C)C(=O)NCCC1CC2CCC1C2. The summed E-state index contributed by atoms with van der Waals surface area (Å²) in [6.07, 6.45) is 9.97. The van der Waals surface area contributed by atoms with Crippen molar-refractivity contribution >= 4 is 6.03 Å². The van der Waals surface area contributed by atoms with Crippen molar-refractivity contribution in [1.82, 2.24) is 25.0 Å². The molecule has 6 nitrogen and oxygen atoms in total. The Balaban J connectivity index is 1.27. The topological polar surface area (TPSA) is 63.1 Å². The summed E-state index contributed by atoms with van der Waals surface area (Å²) in [6, 6.07) is 8.10. The molecule has 0 spiro atoms. The van der Waals surface area contributed by atoms with Crippen LogP contribution in [0.15, 0.2) is 36.9 Å². The Kier molecular flexibility index (Phi) is 5.14. The van der Waals surface area contributed by atoms with Crippen molar-refractivity contribution in [2.24, 2.45) is 17.8 Å². The van der Waals surface area contributed by atoms with Gasteiger partial charge in [-0.2, -0.15) is 5.10 Å². The molecule has 2 amide bonds. The molecule has 144 valence electrons. The van der Waals surface area contributed by atoms with Gasteiger partial charge in [0.15, 0.2) is 0 Å². The molecule has 6 heteroatoms. The lowest BCUT2D eigenvalue weighted by Gasteiger charge is -2.27. The summed E-state index contributed by atoms with van der Waals surface area (Å²) in [5.41, 5.74) is 2.06. The van der Waals surface area contributed by atoms with E-state index in [0.29, 0.717) is 0 Å². The lowest BCUT2D eigenvalue weighted by Crippen LogP contribution is -2.39. The molecule has 4 atom stereocenters. The van der Waals surface area contributed by atoms with Gasteiger partial charge in [-0.3, -0.25) is 0 Å². The first-order valence-electron chi connectivity index (χ1n) is 10.1. The number of amides is 2. The number of hydrogen-bond donors (Lipinski definition) is 1. The molecule has 0 radical (unpaired) electrons. The number of aromatic nitrogens is 3. The summed E-state index contributed by atoms with van der Waals surface area (Å²) in [7, 11) is 1.86. The minimum absolute atomic E-state index is 0.00556. The first kappa shape index (κ1) is 18.0. The summed E-state index contributed by atoms with van der Waals surface area (Å²) < 4.78 is 1.72. The van der Waals surface area contributed by atoms with Gasteiger partial charge in [-0.1, -0.05) is 18.6 Å². The van der Waals surface area contributed by atoms with Crippen LogP contribution >= 0.6 is 0 Å². The summed E-state index contributed by atoms with van der Waals surface area (Å²) in [6.45, 7) is 2.84. The second-order valence-corrected chi connectivity index (χ2v) is 8.17. The number of hydrogen-bond acceptors (Lipinski definition) is 3. The quantitative estimate of drug-likeness (QED) is 0.845. The van der Waals surface area contributed by atoms with Crippen LogP contribution in [-0.4, -0.2) is 39.3 Å². The maximum atomic E-state index is 12.5. The highest BCUT2D eigenvalue weighted by atomic mass is 16.2. The van der Waals surface area contributed by atoms with Gasteiger partial charge in [0.25, 0.3) is 0 Å². The van der Waals surface area contributed by atoms with Crippen molar-refractivity contribution in [2.75, 3.05) is 13.6 Å². The lowest BCUT2D eigenvalue weighted by atomic mass is 9.86. The fourth-order valence-corrected chi connectivity index (χ4v) is 4.87. The van der Waals surface area contributed by atoms with Gasteiger partial charge in [0, 0.05) is 13.6 Å². The van der Waals surface area contributed by atoms with Gasteiger partial charge < -0.3 is 10.2 Å². The molecule has 0 aliphatic heterocycles. The van der Waals surface area contributed by atoms with Crippen molar-refractivity contribution < 1.29 is 4.79 Å². The Labute approximate surface area is 161 Å². The Morgan fingerprint density at radius 1 is 1.30 bits per heavy atom. The van der Waals surface area contributed by atoms with E-state index < -0.39 is 0 Å². The summed E-state index contributed by atoms with van der Waals surface area (Å²) in [5.74, 6) is 2.72. The standard InChI is InChI=1S/C21H29N5O/c1-15(17-5-7-20(8-6-17)26-14-22-13-24-26)25(2)21(27)23-10-9-19-12-16-3-4-18(19)11-16/h5-8,13-16,18-19H,3-4,9-12H2,1-2H3,(H,23,27). The number of carbonyl (C=O) groups is 1. The number of rotatable bonds is 6. The second-order valence-electron chi connectivity index (χ2n) is 8.17. The molecular weight excluding hydrogens is 338 g/mol. The van der Waals surface area contributed by atoms with E-state index in [4.69, 9.17) is 0 Å². The van der Waals surface area contributed by atoms with E-state index in [1.54, 1.807) is 15.9 Å². The van der Waals surface area contributed by atoms with E-state index in [2.05, 4.69) is 22.3 Å². The van der Waals surface area contributed by atoms with Crippen LogP contribution in [0.3, 0.4) is 0 Å². The zero-order valence-electron chi connectivity index (χ0n) is 16.2. The maximum Gasteiger partial charge on any atom is 0.317 e. The van der Waals surface area contributed by atoms with Crippen LogP contribution in [-0.2, 0) is 0 Å². The summed E-state index contributed by atoms with van der Waals surface area (Å²) in [5, 5.41) is 7.25. The molecule has 1 N–H and O–H groups in total. The number of benzene rings is 1. The minimum atomic E-state index is 0.00556. The molecule has 2 fully saturated rings. The molecule has 2 aliphatic carbocycles. The molecule has 4 unspecified atom stereocenters. The van der Waals surface area contributed by atoms with Gasteiger partial charge in [-0.15, -0.1) is 0 Å². The van der Waals surface area contributed by atoms with E-state index in [9.17, 15) is 4.79 Å². The molecule has 0 saturated heterocycles. The van der Waals surface area contributed by atoms with Crippen LogP contribution in [0.1, 0.15) is 50.6 Å². The normalized spacial score (nSPS) is 24.7. The molecule has 1 heterocycles. The number of nitrogens with zero attached hydrogens (tertiary/aromatic N) is 4. The van der Waals surface area contributed by atoms with E-state index in [-0.39, 0.29) is 12.1 Å². The first-order valence-corrected chi connectivity index (χ1v) is 10.1. The third kappa shape index (κ3) is 3.84. The number of urea groups is 1. The molecule has 1 aromatic heterocycles. The minimum Gasteiger partial charge on any atom is -0.338 e. The van der Waals surface area contributed by atoms with Crippen LogP contribution in [0.5, 0.6) is 0 Å². The van der Waals surface area contributed by atoms with Crippen molar-refractivity contribution in [3.8, 4) is 5.69 Å². The number of fused-ring (bicyclic) bond motifs is 2. The lowest BCUT2D eigenvalue weighted by molar-refractivity contribution is 0.192. The van der Waals surface area contributed by atoms with Crippen LogP contribution < -0.4 is 5.32 Å². The number of nitrogens with one attached hydrogen (secondary N) is 1. The molecule has 1 aromatic carbocycles. The smallest absolute Gasteiger partial charge is 0.317 e. The van der Waals surface area contributed by atoms with E-state index in [1.807, 2.05) is 31.3 Å². The first-order chi connectivity index (χ1) is 13.1. The van der Waals surface area contributed by atoms with Crippen molar-refractivity contribution in [3.63, 3.8) is 0 Å². The Bertz CT molecular complexity index is 757. The molecule has 4 rings (SSSR count). The van der Waals surface area contributed by atoms with Gasteiger partial charge in [-0.05, 0) is 68.1 Å². The van der Waals surface area contributed by atoms with Crippen LogP contribution in [0.4, 0.5) is 4.79 Å². The Morgan fingerprint density at radius 2 is 2.11 bits per heavy atom. The second kappa shape index (κ2) is 7.71. The average molecular weight is 367 g/mol. The van der Waals surface area contributed by atoms with Crippen LogP contribution in [0, 0.1) is 17.8 Å². The summed E-state index contributed by atoms with van der Waals surface area (Å²) >= 11 is 0. The van der Waals surface area contributed by atoms with Crippen molar-refractivity contribution in [3.05, 3.63) is 42.5 Å². The predicted octanol–water partition coefficient (Wildman–Crippen LogP) is 3.80. The third-order valence-electron chi connectivity index (χ3n) is 6.64. The van der Waals surface area contributed by atoms with Gasteiger partial charge in [-0.25, -0.2) is 14.5 Å². The molecule has 2 saturated carbocycles.